The summed E-state index contributed by atoms with van der Waals surface area (Å²) in [4.78, 5) is 12.5. The lowest BCUT2D eigenvalue weighted by Gasteiger charge is -2.20. The van der Waals surface area contributed by atoms with E-state index in [-0.39, 0.29) is 12.5 Å². The van der Waals surface area contributed by atoms with Crippen molar-refractivity contribution in [2.75, 3.05) is 6.61 Å². The van der Waals surface area contributed by atoms with Crippen LogP contribution < -0.4 is 5.32 Å². The minimum Gasteiger partial charge on any atom is -0.394 e. The van der Waals surface area contributed by atoms with Gasteiger partial charge in [-0.2, -0.15) is 0 Å². The first-order valence-electron chi connectivity index (χ1n) is 31.0. The van der Waals surface area contributed by atoms with Gasteiger partial charge in [-0.25, -0.2) is 0 Å². The number of unbranched alkanes of at least 4 members (excludes halogenated alkanes) is 35. The van der Waals surface area contributed by atoms with Crippen molar-refractivity contribution in [2.24, 2.45) is 0 Å². The summed E-state index contributed by atoms with van der Waals surface area (Å²) in [5.41, 5.74) is 0. The molecule has 2 atom stereocenters. The smallest absolute Gasteiger partial charge is 0.220 e. The van der Waals surface area contributed by atoms with Crippen LogP contribution in [0.3, 0.4) is 0 Å². The molecule has 0 aromatic rings. The molecule has 0 spiro atoms. The highest BCUT2D eigenvalue weighted by Gasteiger charge is 2.18. The van der Waals surface area contributed by atoms with Gasteiger partial charge in [-0.05, 0) is 77.0 Å². The Morgan fingerprint density at radius 1 is 0.352 bits per heavy atom. The van der Waals surface area contributed by atoms with Crippen LogP contribution in [0.2, 0.25) is 0 Å². The highest BCUT2D eigenvalue weighted by Crippen LogP contribution is 2.17. The molecule has 1 amide bonds. The number of aliphatic hydroxyl groups is 2. The van der Waals surface area contributed by atoms with Crippen molar-refractivity contribution in [1.29, 1.82) is 0 Å². The molecule has 0 heterocycles. The molecule has 2 unspecified atom stereocenters. The van der Waals surface area contributed by atoms with Crippen LogP contribution in [0.25, 0.3) is 0 Å². The normalized spacial score (nSPS) is 13.5. The van der Waals surface area contributed by atoms with Gasteiger partial charge < -0.3 is 15.5 Å². The summed E-state index contributed by atoms with van der Waals surface area (Å²) < 4.78 is 0. The van der Waals surface area contributed by atoms with Gasteiger partial charge in [0.1, 0.15) is 0 Å². The average Bonchev–Trinajstić information content (AvgIpc) is 3.37. The Kier molecular flexibility index (Phi) is 59.3. The molecule has 71 heavy (non-hydrogen) atoms. The predicted octanol–water partition coefficient (Wildman–Crippen LogP) is 20.9. The van der Waals surface area contributed by atoms with Gasteiger partial charge in [-0.3, -0.25) is 4.79 Å². The lowest BCUT2D eigenvalue weighted by Crippen LogP contribution is -2.45. The molecule has 410 valence electrons. The van der Waals surface area contributed by atoms with Crippen molar-refractivity contribution >= 4 is 5.91 Å². The maximum atomic E-state index is 12.5. The molecule has 0 aliphatic rings. The number of allylic oxidation sites excluding steroid dienone is 15. The van der Waals surface area contributed by atoms with E-state index >= 15 is 0 Å². The summed E-state index contributed by atoms with van der Waals surface area (Å²) in [6.45, 7) is 4.22. The first kappa shape index (κ1) is 68.3. The van der Waals surface area contributed by atoms with Crippen LogP contribution in [0, 0.1) is 0 Å². The molecule has 4 heteroatoms. The molecule has 4 nitrogen and oxygen atoms in total. The first-order chi connectivity index (χ1) is 35.2. The summed E-state index contributed by atoms with van der Waals surface area (Å²) in [5.74, 6) is -0.0677. The number of nitrogens with one attached hydrogen (secondary N) is 1. The van der Waals surface area contributed by atoms with Crippen molar-refractivity contribution < 1.29 is 15.0 Å². The van der Waals surface area contributed by atoms with E-state index in [1.807, 2.05) is 6.08 Å². The highest BCUT2D eigenvalue weighted by atomic mass is 16.3. The molecule has 0 saturated carbocycles. The molecule has 0 aliphatic heterocycles. The molecule has 0 aliphatic carbocycles. The maximum absolute atomic E-state index is 12.5. The van der Waals surface area contributed by atoms with Crippen molar-refractivity contribution in [1.82, 2.24) is 5.32 Å². The number of hydrogen-bond acceptors (Lipinski definition) is 3. The third-order valence-electron chi connectivity index (χ3n) is 13.8. The van der Waals surface area contributed by atoms with E-state index in [9.17, 15) is 15.0 Å². The molecule has 0 fully saturated rings. The highest BCUT2D eigenvalue weighted by molar-refractivity contribution is 5.76. The van der Waals surface area contributed by atoms with Gasteiger partial charge in [0, 0.05) is 6.42 Å². The number of amides is 1. The van der Waals surface area contributed by atoms with E-state index in [0.29, 0.717) is 6.42 Å². The SMILES string of the molecule is CC/C=C\C/C=C\C/C=C\C/C=C\C/C=C\C/C=C\C/C=C\CCCCCCCCCCCCCC(=O)NC(CO)C(O)/C=C/CCCCCCCCCCCCCCCCCCCCCCCCCC. The number of rotatable bonds is 56. The van der Waals surface area contributed by atoms with E-state index in [0.717, 1.165) is 70.6 Å². The van der Waals surface area contributed by atoms with Crippen LogP contribution >= 0.6 is 0 Å². The maximum Gasteiger partial charge on any atom is 0.220 e. The zero-order valence-electron chi connectivity index (χ0n) is 47.2. The van der Waals surface area contributed by atoms with Crippen LogP contribution in [0.5, 0.6) is 0 Å². The second-order valence-corrected chi connectivity index (χ2v) is 20.7. The molecule has 0 bridgehead atoms. The first-order valence-corrected chi connectivity index (χ1v) is 31.0. The molecular weight excluding hydrogens is 867 g/mol. The molecule has 0 aromatic carbocycles. The fraction of sp³-hybridized carbons (Fsp3) is 0.746. The number of carbonyl (C=O) groups excluding carboxylic acids is 1. The van der Waals surface area contributed by atoms with Crippen LogP contribution in [0.1, 0.15) is 303 Å². The second kappa shape index (κ2) is 61.6. The molecule has 0 rings (SSSR count). The third-order valence-corrected chi connectivity index (χ3v) is 13.8. The number of carbonyl (C=O) groups is 1. The Morgan fingerprint density at radius 3 is 0.930 bits per heavy atom. The number of hydrogen-bond donors (Lipinski definition) is 3. The van der Waals surface area contributed by atoms with Gasteiger partial charge in [-0.15, -0.1) is 0 Å². The molecule has 3 N–H and O–H groups in total. The van der Waals surface area contributed by atoms with Crippen molar-refractivity contribution in [2.45, 2.75) is 315 Å². The molecule has 0 aromatic heterocycles. The molecule has 0 radical (unpaired) electrons. The zero-order valence-corrected chi connectivity index (χ0v) is 47.2. The van der Waals surface area contributed by atoms with Gasteiger partial charge in [-0.1, -0.05) is 317 Å². The minimum atomic E-state index is -0.847. The Balaban J connectivity index is 3.54. The van der Waals surface area contributed by atoms with Crippen LogP contribution in [0.15, 0.2) is 97.2 Å². The standard InChI is InChI=1S/C67H119NO3/c1-3-5-7-9-11-13-15-17-19-21-23-25-27-29-31-32-33-34-35-36-37-39-41-43-45-47-49-51-53-55-57-59-61-63-67(71)68-65(64-69)66(70)62-60-58-56-54-52-50-48-46-44-42-40-38-30-28-26-24-22-20-18-16-14-12-10-8-6-4-2/h5,7,11,13,17,19,23,25,29,31,33-34,36-37,60,62,65-66,69-70H,3-4,6,8-10,12,14-16,18,20-22,24,26-28,30,32,35,38-59,61,63-64H2,1-2H3,(H,68,71)/b7-5-,13-11-,19-17-,25-23-,31-29-,34-33-,37-36-,62-60+. The predicted molar refractivity (Wildman–Crippen MR) is 317 cm³/mol. The van der Waals surface area contributed by atoms with E-state index < -0.39 is 12.1 Å². The zero-order chi connectivity index (χ0) is 51.3. The van der Waals surface area contributed by atoms with E-state index in [4.69, 9.17) is 0 Å². The summed E-state index contributed by atoms with van der Waals surface area (Å²) in [5, 5.41) is 23.2. The van der Waals surface area contributed by atoms with Gasteiger partial charge in [0.25, 0.3) is 0 Å². The van der Waals surface area contributed by atoms with Gasteiger partial charge in [0.2, 0.25) is 5.91 Å². The summed E-state index contributed by atoms with van der Waals surface area (Å²) in [7, 11) is 0. The van der Waals surface area contributed by atoms with Crippen LogP contribution in [-0.2, 0) is 4.79 Å². The average molecular weight is 987 g/mol. The van der Waals surface area contributed by atoms with Gasteiger partial charge in [0.05, 0.1) is 18.8 Å². The summed E-state index contributed by atoms with van der Waals surface area (Å²) >= 11 is 0. The third kappa shape index (κ3) is 58.1. The van der Waals surface area contributed by atoms with Crippen LogP contribution in [-0.4, -0.2) is 34.9 Å². The lowest BCUT2D eigenvalue weighted by molar-refractivity contribution is -0.123. The molecular formula is C67H119NO3. The Bertz CT molecular complexity index is 1300. The monoisotopic (exact) mass is 986 g/mol. The topological polar surface area (TPSA) is 69.6 Å². The van der Waals surface area contributed by atoms with Crippen molar-refractivity contribution in [3.63, 3.8) is 0 Å². The Morgan fingerprint density at radius 2 is 0.620 bits per heavy atom. The lowest BCUT2D eigenvalue weighted by atomic mass is 10.0. The second-order valence-electron chi connectivity index (χ2n) is 20.7. The quantitative estimate of drug-likeness (QED) is 0.0420. The number of aliphatic hydroxyl groups excluding tert-OH is 2. The fourth-order valence-corrected chi connectivity index (χ4v) is 9.16. The Hall–Kier alpha value is -2.69. The molecule has 0 saturated heterocycles. The summed E-state index contributed by atoms with van der Waals surface area (Å²) in [6, 6.07) is -0.631. The van der Waals surface area contributed by atoms with Crippen molar-refractivity contribution in [3.8, 4) is 0 Å². The van der Waals surface area contributed by atoms with Crippen LogP contribution in [0.4, 0.5) is 0 Å². The van der Waals surface area contributed by atoms with Gasteiger partial charge >= 0.3 is 0 Å². The van der Waals surface area contributed by atoms with E-state index in [1.165, 1.54) is 212 Å². The Labute approximate surface area is 443 Å². The largest absolute Gasteiger partial charge is 0.394 e. The minimum absolute atomic E-state index is 0.0677. The fourth-order valence-electron chi connectivity index (χ4n) is 9.16. The summed E-state index contributed by atoms with van der Waals surface area (Å²) in [6.07, 6.45) is 91.6. The van der Waals surface area contributed by atoms with Gasteiger partial charge in [0.15, 0.2) is 0 Å². The van der Waals surface area contributed by atoms with E-state index in [1.54, 1.807) is 6.08 Å². The van der Waals surface area contributed by atoms with Crippen molar-refractivity contribution in [3.05, 3.63) is 97.2 Å². The van der Waals surface area contributed by atoms with E-state index in [2.05, 4.69) is 104 Å².